The van der Waals surface area contributed by atoms with Crippen molar-refractivity contribution in [1.82, 2.24) is 5.32 Å². The second-order valence-electron chi connectivity index (χ2n) is 4.89. The van der Waals surface area contributed by atoms with E-state index in [0.717, 1.165) is 17.2 Å². The molecule has 0 aromatic heterocycles. The summed E-state index contributed by atoms with van der Waals surface area (Å²) >= 11 is 11.9. The van der Waals surface area contributed by atoms with E-state index in [9.17, 15) is 8.78 Å². The molecule has 0 bridgehead atoms. The predicted molar refractivity (Wildman–Crippen MR) is 83.1 cm³/mol. The topological polar surface area (TPSA) is 12.0 Å². The minimum absolute atomic E-state index is 0.0899. The third kappa shape index (κ3) is 4.40. The van der Waals surface area contributed by atoms with Gasteiger partial charge in [0.25, 0.3) is 0 Å². The molecule has 2 aromatic rings. The van der Waals surface area contributed by atoms with Crippen LogP contribution < -0.4 is 5.32 Å². The third-order valence-corrected chi connectivity index (χ3v) is 4.08. The molecular formula is C16H15Cl2F2N. The molecule has 0 fully saturated rings. The molecule has 0 aliphatic carbocycles. The Hall–Kier alpha value is -1.16. The number of hydrogen-bond donors (Lipinski definition) is 1. The van der Waals surface area contributed by atoms with Crippen LogP contribution in [0, 0.1) is 11.6 Å². The Balaban J connectivity index is 2.08. The lowest BCUT2D eigenvalue weighted by Gasteiger charge is -2.17. The number of hydrogen-bond acceptors (Lipinski definition) is 1. The van der Waals surface area contributed by atoms with Gasteiger partial charge in [0.2, 0.25) is 0 Å². The van der Waals surface area contributed by atoms with Crippen molar-refractivity contribution in [3.63, 3.8) is 0 Å². The molecule has 0 saturated heterocycles. The Bertz CT molecular complexity index is 578. The van der Waals surface area contributed by atoms with Gasteiger partial charge in [-0.25, -0.2) is 8.78 Å². The summed E-state index contributed by atoms with van der Waals surface area (Å²) in [6.45, 7) is 0. The van der Waals surface area contributed by atoms with Crippen LogP contribution in [0.2, 0.25) is 10.0 Å². The molecule has 5 heteroatoms. The monoisotopic (exact) mass is 329 g/mol. The third-order valence-electron chi connectivity index (χ3n) is 3.34. The minimum atomic E-state index is -0.829. The van der Waals surface area contributed by atoms with Gasteiger partial charge < -0.3 is 5.32 Å². The molecule has 1 atom stereocenters. The first-order valence-corrected chi connectivity index (χ1v) is 7.30. The molecule has 0 amide bonds. The van der Waals surface area contributed by atoms with Gasteiger partial charge in [-0.15, -0.1) is 0 Å². The van der Waals surface area contributed by atoms with Crippen LogP contribution >= 0.6 is 23.2 Å². The minimum Gasteiger partial charge on any atom is -0.316 e. The Morgan fingerprint density at radius 3 is 2.10 bits per heavy atom. The first kappa shape index (κ1) is 16.2. The van der Waals surface area contributed by atoms with Crippen molar-refractivity contribution in [3.8, 4) is 0 Å². The van der Waals surface area contributed by atoms with Crippen molar-refractivity contribution >= 4 is 23.2 Å². The van der Waals surface area contributed by atoms with Gasteiger partial charge in [0.15, 0.2) is 11.6 Å². The molecular weight excluding hydrogens is 315 g/mol. The van der Waals surface area contributed by atoms with E-state index in [1.54, 1.807) is 12.1 Å². The Labute approximate surface area is 132 Å². The zero-order valence-corrected chi connectivity index (χ0v) is 13.0. The normalized spacial score (nSPS) is 12.4. The number of benzene rings is 2. The quantitative estimate of drug-likeness (QED) is 0.842. The van der Waals surface area contributed by atoms with Gasteiger partial charge >= 0.3 is 0 Å². The molecule has 1 unspecified atom stereocenters. The van der Waals surface area contributed by atoms with Crippen LogP contribution in [0.15, 0.2) is 36.4 Å². The van der Waals surface area contributed by atoms with Gasteiger partial charge in [-0.2, -0.15) is 0 Å². The summed E-state index contributed by atoms with van der Waals surface area (Å²) in [7, 11) is 1.84. The lowest BCUT2D eigenvalue weighted by molar-refractivity contribution is 0.503. The van der Waals surface area contributed by atoms with Crippen molar-refractivity contribution in [3.05, 3.63) is 69.2 Å². The van der Waals surface area contributed by atoms with Gasteiger partial charge in [0.1, 0.15) is 0 Å². The standard InChI is InChI=1S/C16H15Cl2F2N/c1-21-12(6-10-2-4-13(17)14(18)8-10)7-11-3-5-15(19)16(20)9-11/h2-5,8-9,12,21H,6-7H2,1H3. The molecule has 1 N–H and O–H groups in total. The number of halogens is 4. The van der Waals surface area contributed by atoms with E-state index in [1.807, 2.05) is 19.2 Å². The Kier molecular flexibility index (Phi) is 5.57. The highest BCUT2D eigenvalue weighted by Crippen LogP contribution is 2.23. The maximum Gasteiger partial charge on any atom is 0.159 e. The van der Waals surface area contributed by atoms with E-state index in [-0.39, 0.29) is 6.04 Å². The lowest BCUT2D eigenvalue weighted by Crippen LogP contribution is -2.30. The van der Waals surface area contributed by atoms with Crippen molar-refractivity contribution in [1.29, 1.82) is 0 Å². The van der Waals surface area contributed by atoms with E-state index in [4.69, 9.17) is 23.2 Å². The van der Waals surface area contributed by atoms with Crippen molar-refractivity contribution < 1.29 is 8.78 Å². The average Bonchev–Trinajstić information content (AvgIpc) is 2.46. The maximum atomic E-state index is 13.2. The molecule has 0 aliphatic rings. The van der Waals surface area contributed by atoms with Crippen LogP contribution in [0.5, 0.6) is 0 Å². The molecule has 0 heterocycles. The Morgan fingerprint density at radius 2 is 1.52 bits per heavy atom. The molecule has 0 aliphatic heterocycles. The van der Waals surface area contributed by atoms with E-state index >= 15 is 0 Å². The second kappa shape index (κ2) is 7.21. The molecule has 0 radical (unpaired) electrons. The average molecular weight is 330 g/mol. The highest BCUT2D eigenvalue weighted by Gasteiger charge is 2.11. The van der Waals surface area contributed by atoms with Gasteiger partial charge in [-0.3, -0.25) is 0 Å². The van der Waals surface area contributed by atoms with Gasteiger partial charge in [-0.05, 0) is 55.3 Å². The first-order chi connectivity index (χ1) is 9.99. The largest absolute Gasteiger partial charge is 0.316 e. The van der Waals surface area contributed by atoms with E-state index in [2.05, 4.69) is 5.32 Å². The molecule has 112 valence electrons. The smallest absolute Gasteiger partial charge is 0.159 e. The highest BCUT2D eigenvalue weighted by molar-refractivity contribution is 6.42. The molecule has 0 saturated carbocycles. The van der Waals surface area contributed by atoms with Crippen LogP contribution in [-0.4, -0.2) is 13.1 Å². The molecule has 21 heavy (non-hydrogen) atoms. The summed E-state index contributed by atoms with van der Waals surface area (Å²) in [6, 6.07) is 9.54. The molecule has 2 rings (SSSR count). The summed E-state index contributed by atoms with van der Waals surface area (Å²) in [5.74, 6) is -1.65. The van der Waals surface area contributed by atoms with Crippen molar-refractivity contribution in [2.24, 2.45) is 0 Å². The maximum absolute atomic E-state index is 13.2. The van der Waals surface area contributed by atoms with E-state index in [1.165, 1.54) is 6.07 Å². The molecule has 2 aromatic carbocycles. The number of rotatable bonds is 5. The van der Waals surface area contributed by atoms with E-state index < -0.39 is 11.6 Å². The van der Waals surface area contributed by atoms with Crippen LogP contribution in [0.4, 0.5) is 8.78 Å². The van der Waals surface area contributed by atoms with Crippen LogP contribution in [-0.2, 0) is 12.8 Å². The lowest BCUT2D eigenvalue weighted by atomic mass is 9.99. The van der Waals surface area contributed by atoms with Crippen LogP contribution in [0.1, 0.15) is 11.1 Å². The van der Waals surface area contributed by atoms with Gasteiger partial charge in [0.05, 0.1) is 10.0 Å². The summed E-state index contributed by atoms with van der Waals surface area (Å²) < 4.78 is 26.2. The SMILES string of the molecule is CNC(Cc1ccc(F)c(F)c1)Cc1ccc(Cl)c(Cl)c1. The first-order valence-electron chi connectivity index (χ1n) is 6.54. The molecule has 0 spiro atoms. The second-order valence-corrected chi connectivity index (χ2v) is 5.71. The zero-order valence-electron chi connectivity index (χ0n) is 11.5. The number of likely N-dealkylation sites (N-methyl/N-ethyl adjacent to an activating group) is 1. The van der Waals surface area contributed by atoms with Crippen LogP contribution in [0.25, 0.3) is 0 Å². The fourth-order valence-electron chi connectivity index (χ4n) is 2.18. The number of nitrogens with one attached hydrogen (secondary N) is 1. The van der Waals surface area contributed by atoms with Crippen LogP contribution in [0.3, 0.4) is 0 Å². The van der Waals surface area contributed by atoms with Gasteiger partial charge in [0, 0.05) is 6.04 Å². The van der Waals surface area contributed by atoms with Gasteiger partial charge in [-0.1, -0.05) is 35.3 Å². The predicted octanol–water partition coefficient (Wildman–Crippen LogP) is 4.64. The van der Waals surface area contributed by atoms with Crippen molar-refractivity contribution in [2.45, 2.75) is 18.9 Å². The van der Waals surface area contributed by atoms with Crippen molar-refractivity contribution in [2.75, 3.05) is 7.05 Å². The summed E-state index contributed by atoms with van der Waals surface area (Å²) in [5, 5.41) is 4.20. The highest BCUT2D eigenvalue weighted by atomic mass is 35.5. The summed E-state index contributed by atoms with van der Waals surface area (Å²) in [4.78, 5) is 0. The zero-order chi connectivity index (χ0) is 15.4. The fraction of sp³-hybridized carbons (Fsp3) is 0.250. The Morgan fingerprint density at radius 1 is 0.905 bits per heavy atom. The summed E-state index contributed by atoms with van der Waals surface area (Å²) in [5.41, 5.74) is 1.78. The molecule has 1 nitrogen and oxygen atoms in total. The summed E-state index contributed by atoms with van der Waals surface area (Å²) in [6.07, 6.45) is 1.31. The fourth-order valence-corrected chi connectivity index (χ4v) is 2.50. The van der Waals surface area contributed by atoms with E-state index in [0.29, 0.717) is 22.9 Å².